The normalized spacial score (nSPS) is 11.8. The first-order valence-electron chi connectivity index (χ1n) is 9.75. The topological polar surface area (TPSA) is 121 Å². The van der Waals surface area contributed by atoms with E-state index in [2.05, 4.69) is 16.4 Å². The second-order valence-corrected chi connectivity index (χ2v) is 8.30. The van der Waals surface area contributed by atoms with E-state index in [1.807, 2.05) is 19.9 Å². The van der Waals surface area contributed by atoms with Gasteiger partial charge >= 0.3 is 5.97 Å². The molecule has 2 aromatic carbocycles. The van der Waals surface area contributed by atoms with Crippen molar-refractivity contribution >= 4 is 33.2 Å². The Balaban J connectivity index is 1.88. The van der Waals surface area contributed by atoms with Crippen molar-refractivity contribution in [3.63, 3.8) is 0 Å². The summed E-state index contributed by atoms with van der Waals surface area (Å²) in [5, 5.41) is 22.5. The molecule has 4 rings (SSSR count). The number of hydrogen-bond donors (Lipinski definition) is 2. The average Bonchev–Trinajstić information content (AvgIpc) is 3.24. The van der Waals surface area contributed by atoms with E-state index < -0.39 is 5.97 Å². The van der Waals surface area contributed by atoms with E-state index in [1.54, 1.807) is 37.4 Å². The monoisotopic (exact) mass is 445 g/mol. The Kier molecular flexibility index (Phi) is 5.47. The molecule has 0 bridgehead atoms. The molecule has 32 heavy (non-hydrogen) atoms. The summed E-state index contributed by atoms with van der Waals surface area (Å²) >= 11 is 1.20. The van der Waals surface area contributed by atoms with Crippen LogP contribution in [0.25, 0.3) is 22.3 Å². The van der Waals surface area contributed by atoms with Crippen LogP contribution < -0.4 is 10.9 Å². The fourth-order valence-electron chi connectivity index (χ4n) is 3.61. The van der Waals surface area contributed by atoms with Crippen LogP contribution in [0, 0.1) is 18.3 Å². The van der Waals surface area contributed by atoms with Gasteiger partial charge in [0, 0.05) is 18.2 Å². The third-order valence-corrected chi connectivity index (χ3v) is 5.97. The Morgan fingerprint density at radius 3 is 2.66 bits per heavy atom. The Morgan fingerprint density at radius 1 is 1.28 bits per heavy atom. The number of aromatic nitrogens is 3. The highest BCUT2D eigenvalue weighted by Crippen LogP contribution is 2.30. The third-order valence-electron chi connectivity index (χ3n) is 5.21. The summed E-state index contributed by atoms with van der Waals surface area (Å²) in [6.07, 6.45) is 0. The van der Waals surface area contributed by atoms with Crippen LogP contribution in [0.3, 0.4) is 0 Å². The van der Waals surface area contributed by atoms with E-state index in [4.69, 9.17) is 10.2 Å². The summed E-state index contributed by atoms with van der Waals surface area (Å²) in [4.78, 5) is 33.3. The highest BCUT2D eigenvalue weighted by Gasteiger charge is 2.20. The van der Waals surface area contributed by atoms with E-state index in [-0.39, 0.29) is 17.3 Å². The largest absolute Gasteiger partial charge is 0.476 e. The van der Waals surface area contributed by atoms with Gasteiger partial charge in [0.2, 0.25) is 0 Å². The number of fused-ring (bicyclic) bond motifs is 1. The standard InChI is InChI=1S/C23H19N5O3S/c1-12-8-16(13(2)26-21-19(23(30)31)25-11-32-21)18-17(9-12)22(29)28(3)20(27-18)15-6-4-14(10-24)5-7-15/h4-9,11,13,26H,1-3H3,(H,30,31)/t13-/m1/s1. The van der Waals surface area contributed by atoms with Gasteiger partial charge in [0.05, 0.1) is 34.1 Å². The number of rotatable bonds is 5. The number of aryl methyl sites for hydroxylation is 1. The van der Waals surface area contributed by atoms with Crippen molar-refractivity contribution in [2.24, 2.45) is 7.05 Å². The lowest BCUT2D eigenvalue weighted by atomic mass is 10.0. The molecule has 2 heterocycles. The first kappa shape index (κ1) is 21.2. The molecule has 0 amide bonds. The van der Waals surface area contributed by atoms with Crippen molar-refractivity contribution in [1.82, 2.24) is 14.5 Å². The molecule has 0 radical (unpaired) electrons. The number of thiazole rings is 1. The Bertz CT molecular complexity index is 1450. The first-order chi connectivity index (χ1) is 15.3. The molecule has 1 atom stereocenters. The van der Waals surface area contributed by atoms with E-state index in [1.165, 1.54) is 21.4 Å². The fourth-order valence-corrected chi connectivity index (χ4v) is 4.37. The molecule has 0 saturated carbocycles. The van der Waals surface area contributed by atoms with E-state index in [9.17, 15) is 14.7 Å². The van der Waals surface area contributed by atoms with Crippen LogP contribution >= 0.6 is 11.3 Å². The quantitative estimate of drug-likeness (QED) is 0.474. The molecule has 2 N–H and O–H groups in total. The van der Waals surface area contributed by atoms with Crippen LogP contribution in [0.1, 0.15) is 40.1 Å². The van der Waals surface area contributed by atoms with Gasteiger partial charge in [0.25, 0.3) is 5.56 Å². The number of carboxylic acid groups (broad SMARTS) is 1. The van der Waals surface area contributed by atoms with Gasteiger partial charge in [-0.1, -0.05) is 6.07 Å². The molecule has 4 aromatic rings. The second kappa shape index (κ2) is 8.24. The predicted octanol–water partition coefficient (Wildman–Crippen LogP) is 4.11. The smallest absolute Gasteiger partial charge is 0.357 e. The van der Waals surface area contributed by atoms with Gasteiger partial charge in [-0.25, -0.2) is 14.8 Å². The summed E-state index contributed by atoms with van der Waals surface area (Å²) in [6, 6.07) is 12.4. The number of nitrogens with zero attached hydrogens (tertiary/aromatic N) is 4. The van der Waals surface area contributed by atoms with Crippen molar-refractivity contribution in [2.75, 3.05) is 5.32 Å². The van der Waals surface area contributed by atoms with Gasteiger partial charge in [-0.3, -0.25) is 9.36 Å². The predicted molar refractivity (Wildman–Crippen MR) is 123 cm³/mol. The maximum absolute atomic E-state index is 13.2. The molecule has 0 aliphatic heterocycles. The Labute approximate surface area is 187 Å². The van der Waals surface area contributed by atoms with E-state index in [0.717, 1.165) is 11.1 Å². The molecule has 0 spiro atoms. The Morgan fingerprint density at radius 2 is 2.00 bits per heavy atom. The number of aromatic carboxylic acids is 1. The lowest BCUT2D eigenvalue weighted by Crippen LogP contribution is -2.22. The molecule has 160 valence electrons. The molecule has 8 nitrogen and oxygen atoms in total. The fraction of sp³-hybridized carbons (Fsp3) is 0.174. The SMILES string of the molecule is Cc1cc([C@@H](C)Nc2scnc2C(=O)O)c2nc(-c3ccc(C#N)cc3)n(C)c(=O)c2c1. The third kappa shape index (κ3) is 3.72. The lowest BCUT2D eigenvalue weighted by molar-refractivity contribution is 0.0692. The molecule has 0 unspecified atom stereocenters. The summed E-state index contributed by atoms with van der Waals surface area (Å²) in [7, 11) is 1.67. The van der Waals surface area contributed by atoms with Crippen molar-refractivity contribution in [1.29, 1.82) is 5.26 Å². The van der Waals surface area contributed by atoms with E-state index in [0.29, 0.717) is 32.9 Å². The molecule has 0 aliphatic rings. The van der Waals surface area contributed by atoms with Gasteiger partial charge in [0.1, 0.15) is 10.8 Å². The highest BCUT2D eigenvalue weighted by molar-refractivity contribution is 7.14. The van der Waals surface area contributed by atoms with Crippen LogP contribution in [-0.2, 0) is 7.05 Å². The zero-order chi connectivity index (χ0) is 23.0. The van der Waals surface area contributed by atoms with Gasteiger partial charge in [-0.05, 0) is 49.7 Å². The summed E-state index contributed by atoms with van der Waals surface area (Å²) < 4.78 is 1.50. The van der Waals surface area contributed by atoms with Crippen LogP contribution in [-0.4, -0.2) is 25.6 Å². The van der Waals surface area contributed by atoms with Crippen LogP contribution in [0.2, 0.25) is 0 Å². The minimum Gasteiger partial charge on any atom is -0.476 e. The summed E-state index contributed by atoms with van der Waals surface area (Å²) in [5.41, 5.74) is 4.70. The number of nitriles is 1. The maximum Gasteiger partial charge on any atom is 0.357 e. The number of carboxylic acids is 1. The molecule has 9 heteroatoms. The maximum atomic E-state index is 13.2. The molecule has 0 aliphatic carbocycles. The minimum absolute atomic E-state index is 0.0408. The van der Waals surface area contributed by atoms with Crippen LogP contribution in [0.15, 0.2) is 46.7 Å². The average molecular weight is 446 g/mol. The van der Waals surface area contributed by atoms with Gasteiger partial charge in [-0.2, -0.15) is 5.26 Å². The van der Waals surface area contributed by atoms with Crippen molar-refractivity contribution in [2.45, 2.75) is 19.9 Å². The summed E-state index contributed by atoms with van der Waals surface area (Å²) in [5.74, 6) is -0.626. The number of anilines is 1. The molecule has 0 saturated heterocycles. The minimum atomic E-state index is -1.11. The number of hydrogen-bond acceptors (Lipinski definition) is 7. The first-order valence-corrected chi connectivity index (χ1v) is 10.6. The zero-order valence-corrected chi connectivity index (χ0v) is 18.4. The number of benzene rings is 2. The van der Waals surface area contributed by atoms with E-state index >= 15 is 0 Å². The van der Waals surface area contributed by atoms with Gasteiger partial charge in [0.15, 0.2) is 5.69 Å². The molecular formula is C23H19N5O3S. The molecule has 0 fully saturated rings. The van der Waals surface area contributed by atoms with Crippen LogP contribution in [0.5, 0.6) is 0 Å². The second-order valence-electron chi connectivity index (χ2n) is 7.44. The van der Waals surface area contributed by atoms with Gasteiger partial charge < -0.3 is 10.4 Å². The van der Waals surface area contributed by atoms with Crippen LogP contribution in [0.4, 0.5) is 5.00 Å². The molecule has 2 aromatic heterocycles. The lowest BCUT2D eigenvalue weighted by Gasteiger charge is -2.18. The van der Waals surface area contributed by atoms with Gasteiger partial charge in [-0.15, -0.1) is 11.3 Å². The highest BCUT2D eigenvalue weighted by atomic mass is 32.1. The number of nitrogens with one attached hydrogen (secondary N) is 1. The van der Waals surface area contributed by atoms with Crippen molar-refractivity contribution in [3.05, 3.63) is 74.6 Å². The number of carbonyl (C=O) groups is 1. The summed E-state index contributed by atoms with van der Waals surface area (Å²) in [6.45, 7) is 3.79. The van der Waals surface area contributed by atoms with Crippen molar-refractivity contribution in [3.8, 4) is 17.5 Å². The zero-order valence-electron chi connectivity index (χ0n) is 17.6. The Hall–Kier alpha value is -4.03. The van der Waals surface area contributed by atoms with Crippen molar-refractivity contribution < 1.29 is 9.90 Å². The molecular weight excluding hydrogens is 426 g/mol.